The average molecular weight is 479 g/mol. The molecule has 3 rings (SSSR count). The summed E-state index contributed by atoms with van der Waals surface area (Å²) in [6.45, 7) is 3.80. The van der Waals surface area contributed by atoms with Gasteiger partial charge in [0.25, 0.3) is 5.91 Å². The van der Waals surface area contributed by atoms with E-state index in [0.29, 0.717) is 10.8 Å². The Morgan fingerprint density at radius 3 is 3.04 bits per heavy atom. The second-order valence-corrected chi connectivity index (χ2v) is 8.43. The Labute approximate surface area is 170 Å². The van der Waals surface area contributed by atoms with Gasteiger partial charge in [-0.2, -0.15) is 5.26 Å². The van der Waals surface area contributed by atoms with Crippen molar-refractivity contribution in [3.63, 3.8) is 0 Å². The van der Waals surface area contributed by atoms with Crippen LogP contribution in [0.15, 0.2) is 30.0 Å². The van der Waals surface area contributed by atoms with Crippen LogP contribution in [-0.4, -0.2) is 29.4 Å². The quantitative estimate of drug-likeness (QED) is 0.399. The lowest BCUT2D eigenvalue weighted by atomic mass is 10.2. The van der Waals surface area contributed by atoms with E-state index in [9.17, 15) is 10.1 Å². The van der Waals surface area contributed by atoms with Crippen molar-refractivity contribution in [1.29, 1.82) is 5.26 Å². The number of carbonyl (C=O) groups is 1. The van der Waals surface area contributed by atoms with E-state index >= 15 is 0 Å². The molecule has 0 atom stereocenters. The molecule has 1 aromatic heterocycles. The third-order valence-electron chi connectivity index (χ3n) is 4.06. The number of amides is 1. The highest BCUT2D eigenvalue weighted by atomic mass is 127. The predicted octanol–water partition coefficient (Wildman–Crippen LogP) is 3.50. The summed E-state index contributed by atoms with van der Waals surface area (Å²) in [4.78, 5) is 20.4. The number of thiazole rings is 1. The number of carbonyl (C=O) groups excluding carboxylic acids is 1. The molecule has 1 aromatic carbocycles. The molecule has 6 nitrogen and oxygen atoms in total. The molecule has 0 aliphatic carbocycles. The van der Waals surface area contributed by atoms with E-state index in [1.54, 1.807) is 11.3 Å². The number of nitrogens with zero attached hydrogens (tertiary/aromatic N) is 3. The Hall–Kier alpha value is -1.96. The van der Waals surface area contributed by atoms with Crippen LogP contribution in [-0.2, 0) is 17.8 Å². The lowest BCUT2D eigenvalue weighted by Crippen LogP contribution is -2.25. The molecule has 26 heavy (non-hydrogen) atoms. The molecule has 1 aliphatic heterocycles. The number of nitrogens with one attached hydrogen (secondary N) is 2. The van der Waals surface area contributed by atoms with Crippen molar-refractivity contribution in [2.75, 3.05) is 24.2 Å². The van der Waals surface area contributed by atoms with Crippen LogP contribution in [0.1, 0.15) is 16.1 Å². The largest absolute Gasteiger partial charge is 0.337 e. The molecule has 2 N–H and O–H groups in total. The van der Waals surface area contributed by atoms with Crippen molar-refractivity contribution in [2.45, 2.75) is 19.9 Å². The zero-order valence-corrected chi connectivity index (χ0v) is 17.4. The first kappa shape index (κ1) is 18.8. The predicted molar refractivity (Wildman–Crippen MR) is 112 cm³/mol. The van der Waals surface area contributed by atoms with Crippen LogP contribution in [0.4, 0.5) is 10.8 Å². The number of benzene rings is 1. The maximum absolute atomic E-state index is 12.4. The minimum atomic E-state index is -0.439. The zero-order valence-electron chi connectivity index (χ0n) is 14.5. The van der Waals surface area contributed by atoms with Crippen molar-refractivity contribution < 1.29 is 4.79 Å². The van der Waals surface area contributed by atoms with Crippen molar-refractivity contribution in [2.24, 2.45) is 0 Å². The topological polar surface area (TPSA) is 81.0 Å². The average Bonchev–Trinajstić information content (AvgIpc) is 3.00. The minimum absolute atomic E-state index is 0.00763. The second kappa shape index (κ2) is 8.16. The van der Waals surface area contributed by atoms with E-state index in [1.165, 1.54) is 11.1 Å². The highest BCUT2D eigenvalue weighted by Crippen LogP contribution is 2.27. The van der Waals surface area contributed by atoms with Gasteiger partial charge in [0, 0.05) is 39.8 Å². The number of likely N-dealkylation sites (N-methyl/N-ethyl adjacent to an activating group) is 1. The summed E-state index contributed by atoms with van der Waals surface area (Å²) in [7, 11) is 2.08. The summed E-state index contributed by atoms with van der Waals surface area (Å²) in [5, 5.41) is 15.8. The van der Waals surface area contributed by atoms with Crippen LogP contribution < -0.4 is 10.6 Å². The molecule has 1 amide bonds. The lowest BCUT2D eigenvalue weighted by Gasteiger charge is -2.20. The van der Waals surface area contributed by atoms with Crippen LogP contribution in [0.2, 0.25) is 0 Å². The van der Waals surface area contributed by atoms with Crippen LogP contribution in [0.25, 0.3) is 0 Å². The fraction of sp³-hybridized carbons (Fsp3) is 0.278. The molecule has 2 heterocycles. The first-order valence-corrected chi connectivity index (χ1v) is 9.97. The van der Waals surface area contributed by atoms with E-state index in [4.69, 9.17) is 0 Å². The Balaban J connectivity index is 1.70. The summed E-state index contributed by atoms with van der Waals surface area (Å²) in [6.07, 6.45) is 2.34. The Morgan fingerprint density at radius 2 is 2.31 bits per heavy atom. The molecular weight excluding hydrogens is 461 g/mol. The van der Waals surface area contributed by atoms with Gasteiger partial charge < -0.3 is 15.5 Å². The maximum atomic E-state index is 12.4. The summed E-state index contributed by atoms with van der Waals surface area (Å²) >= 11 is 3.78. The van der Waals surface area contributed by atoms with Crippen LogP contribution in [0.3, 0.4) is 0 Å². The van der Waals surface area contributed by atoms with Gasteiger partial charge in [0.15, 0.2) is 5.13 Å². The van der Waals surface area contributed by atoms with Gasteiger partial charge in [0.2, 0.25) is 0 Å². The summed E-state index contributed by atoms with van der Waals surface area (Å²) in [5.41, 5.74) is 2.76. The number of rotatable bonds is 4. The van der Waals surface area contributed by atoms with Gasteiger partial charge in [0.05, 0.1) is 5.69 Å². The monoisotopic (exact) mass is 479 g/mol. The molecule has 1 aliphatic rings. The van der Waals surface area contributed by atoms with Gasteiger partial charge in [-0.3, -0.25) is 4.79 Å². The number of nitriles is 1. The molecule has 0 fully saturated rings. The third-order valence-corrected chi connectivity index (χ3v) is 5.75. The molecule has 2 aromatic rings. The Morgan fingerprint density at radius 1 is 1.50 bits per heavy atom. The van der Waals surface area contributed by atoms with Crippen LogP contribution in [0.5, 0.6) is 0 Å². The highest BCUT2D eigenvalue weighted by Gasteiger charge is 2.18. The molecule has 0 saturated carbocycles. The number of halogens is 1. The fourth-order valence-corrected chi connectivity index (χ4v) is 4.33. The van der Waals surface area contributed by atoms with Gasteiger partial charge in [-0.1, -0.05) is 0 Å². The standard InChI is InChI=1S/C18H18IN5OS/c1-11-7-13(19)3-4-14(11)22-17(25)12(8-20)9-21-18-23-15-5-6-24(2)10-16(15)26-18/h3-4,7,9H,5-6,10H2,1-2H3,(H,21,23)(H,22,25)/b12-9-. The van der Waals surface area contributed by atoms with Crippen molar-refractivity contribution >= 4 is 50.7 Å². The summed E-state index contributed by atoms with van der Waals surface area (Å²) in [6, 6.07) is 7.67. The molecule has 134 valence electrons. The number of aryl methyl sites for hydroxylation is 1. The van der Waals surface area contributed by atoms with E-state index in [-0.39, 0.29) is 5.57 Å². The van der Waals surface area contributed by atoms with Gasteiger partial charge in [-0.25, -0.2) is 4.98 Å². The fourth-order valence-electron chi connectivity index (χ4n) is 2.62. The SMILES string of the molecule is Cc1cc(I)ccc1NC(=O)/C(C#N)=C\Nc1nc2c(s1)CN(C)CC2. The first-order chi connectivity index (χ1) is 12.5. The molecular formula is C18H18IN5OS. The summed E-state index contributed by atoms with van der Waals surface area (Å²) in [5.74, 6) is -0.439. The van der Waals surface area contributed by atoms with Crippen molar-refractivity contribution in [3.05, 3.63) is 49.7 Å². The molecule has 0 spiro atoms. The third kappa shape index (κ3) is 4.41. The van der Waals surface area contributed by atoms with Crippen LogP contribution in [0, 0.1) is 21.8 Å². The Kier molecular flexibility index (Phi) is 5.90. The van der Waals surface area contributed by atoms with Crippen molar-refractivity contribution in [1.82, 2.24) is 9.88 Å². The van der Waals surface area contributed by atoms with E-state index in [2.05, 4.69) is 50.2 Å². The smallest absolute Gasteiger partial charge is 0.267 e. The van der Waals surface area contributed by atoms with Crippen LogP contribution >= 0.6 is 33.9 Å². The molecule has 0 bridgehead atoms. The minimum Gasteiger partial charge on any atom is -0.337 e. The first-order valence-electron chi connectivity index (χ1n) is 8.07. The molecule has 0 radical (unpaired) electrons. The Bertz CT molecular complexity index is 915. The number of anilines is 2. The number of hydrogen-bond acceptors (Lipinski definition) is 6. The molecule has 8 heteroatoms. The second-order valence-electron chi connectivity index (χ2n) is 6.10. The molecule has 0 unspecified atom stereocenters. The normalized spacial score (nSPS) is 14.5. The van der Waals surface area contributed by atoms with Gasteiger partial charge >= 0.3 is 0 Å². The molecule has 0 saturated heterocycles. The zero-order chi connectivity index (χ0) is 18.7. The van der Waals surface area contributed by atoms with Gasteiger partial charge in [0.1, 0.15) is 11.6 Å². The van der Waals surface area contributed by atoms with Gasteiger partial charge in [-0.05, 0) is 60.3 Å². The maximum Gasteiger partial charge on any atom is 0.267 e. The van der Waals surface area contributed by atoms with E-state index in [0.717, 1.165) is 34.3 Å². The van der Waals surface area contributed by atoms with Gasteiger partial charge in [-0.15, -0.1) is 11.3 Å². The van der Waals surface area contributed by atoms with E-state index < -0.39 is 5.91 Å². The summed E-state index contributed by atoms with van der Waals surface area (Å²) < 4.78 is 1.09. The van der Waals surface area contributed by atoms with E-state index in [1.807, 2.05) is 31.2 Å². The number of aromatic nitrogens is 1. The number of fused-ring (bicyclic) bond motifs is 1. The number of hydrogen-bond donors (Lipinski definition) is 2. The lowest BCUT2D eigenvalue weighted by molar-refractivity contribution is -0.112. The van der Waals surface area contributed by atoms with Crippen molar-refractivity contribution in [3.8, 4) is 6.07 Å². The highest BCUT2D eigenvalue weighted by molar-refractivity contribution is 14.1.